The van der Waals surface area contributed by atoms with Crippen LogP contribution in [-0.4, -0.2) is 68.3 Å². The lowest BCUT2D eigenvalue weighted by Crippen LogP contribution is -2.58. The van der Waals surface area contributed by atoms with E-state index in [1.807, 2.05) is 32.6 Å². The fourth-order valence-electron chi connectivity index (χ4n) is 2.98. The van der Waals surface area contributed by atoms with Crippen molar-refractivity contribution in [3.05, 3.63) is 29.8 Å². The van der Waals surface area contributed by atoms with Crippen LogP contribution in [0.5, 0.6) is 0 Å². The third-order valence-corrected chi connectivity index (χ3v) is 7.39. The summed E-state index contributed by atoms with van der Waals surface area (Å²) in [5.74, 6) is 0.148. The van der Waals surface area contributed by atoms with Crippen LogP contribution in [0.15, 0.2) is 29.2 Å². The highest BCUT2D eigenvalue weighted by atomic mass is 35.5. The zero-order chi connectivity index (χ0) is 20.2. The van der Waals surface area contributed by atoms with Gasteiger partial charge in [-0.05, 0) is 31.9 Å². The van der Waals surface area contributed by atoms with Gasteiger partial charge in [-0.3, -0.25) is 9.69 Å². The van der Waals surface area contributed by atoms with Gasteiger partial charge in [0.2, 0.25) is 15.9 Å². The van der Waals surface area contributed by atoms with Gasteiger partial charge in [0, 0.05) is 32.7 Å². The number of nitrogens with two attached hydrogens (primary N) is 1. The van der Waals surface area contributed by atoms with E-state index in [0.717, 1.165) is 5.56 Å². The molecule has 1 aromatic carbocycles. The molecule has 1 fully saturated rings. The monoisotopic (exact) mass is 468 g/mol. The van der Waals surface area contributed by atoms with Crippen LogP contribution in [0.3, 0.4) is 0 Å². The van der Waals surface area contributed by atoms with Crippen molar-refractivity contribution < 1.29 is 13.2 Å². The van der Waals surface area contributed by atoms with Crippen LogP contribution in [0.25, 0.3) is 0 Å². The van der Waals surface area contributed by atoms with Crippen molar-refractivity contribution in [2.45, 2.75) is 38.1 Å². The van der Waals surface area contributed by atoms with Gasteiger partial charge >= 0.3 is 0 Å². The van der Waals surface area contributed by atoms with Gasteiger partial charge in [0.1, 0.15) is 0 Å². The number of halogens is 2. The number of sulfonamides is 1. The van der Waals surface area contributed by atoms with E-state index >= 15 is 0 Å². The van der Waals surface area contributed by atoms with Crippen LogP contribution in [0.2, 0.25) is 0 Å². The molecule has 1 unspecified atom stereocenters. The molecule has 0 aromatic heterocycles. The molecule has 29 heavy (non-hydrogen) atoms. The molecule has 0 aliphatic carbocycles. The van der Waals surface area contributed by atoms with Crippen molar-refractivity contribution in [3.8, 4) is 0 Å². The number of aryl methyl sites for hydroxylation is 1. The van der Waals surface area contributed by atoms with E-state index in [9.17, 15) is 13.2 Å². The Balaban J connectivity index is 0.00000392. The fraction of sp³-hybridized carbons (Fsp3) is 0.632. The lowest BCUT2D eigenvalue weighted by molar-refractivity contribution is -0.124. The zero-order valence-corrected chi connectivity index (χ0v) is 20.0. The Morgan fingerprint density at radius 1 is 1.14 bits per heavy atom. The molecule has 10 heteroatoms. The summed E-state index contributed by atoms with van der Waals surface area (Å²) in [6.45, 7) is 10.4. The Bertz CT molecular complexity index is 751. The van der Waals surface area contributed by atoms with Crippen LogP contribution < -0.4 is 11.1 Å². The molecule has 7 nitrogen and oxygen atoms in total. The lowest BCUT2D eigenvalue weighted by Gasteiger charge is -2.36. The summed E-state index contributed by atoms with van der Waals surface area (Å²) in [6.07, 6.45) is 0. The van der Waals surface area contributed by atoms with Crippen LogP contribution in [0.1, 0.15) is 26.3 Å². The first-order chi connectivity index (χ1) is 12.6. The van der Waals surface area contributed by atoms with Gasteiger partial charge in [-0.1, -0.05) is 31.5 Å². The first kappa shape index (κ1) is 28.1. The second-order valence-corrected chi connectivity index (χ2v) is 9.76. The van der Waals surface area contributed by atoms with Gasteiger partial charge in [-0.15, -0.1) is 24.8 Å². The van der Waals surface area contributed by atoms with E-state index in [0.29, 0.717) is 37.6 Å². The van der Waals surface area contributed by atoms with Crippen LogP contribution in [0.4, 0.5) is 0 Å². The van der Waals surface area contributed by atoms with Crippen LogP contribution in [-0.2, 0) is 14.8 Å². The summed E-state index contributed by atoms with van der Waals surface area (Å²) in [5.41, 5.74) is 6.41. The first-order valence-electron chi connectivity index (χ1n) is 9.39. The number of hydrogen-bond acceptors (Lipinski definition) is 5. The molecule has 1 aliphatic heterocycles. The Kier molecular flexibility index (Phi) is 11.1. The number of benzene rings is 1. The van der Waals surface area contributed by atoms with Crippen molar-refractivity contribution in [1.82, 2.24) is 14.5 Å². The number of rotatable bonds is 7. The summed E-state index contributed by atoms with van der Waals surface area (Å²) >= 11 is 0. The van der Waals surface area contributed by atoms with Crippen molar-refractivity contribution in [2.75, 3.05) is 39.3 Å². The Labute approximate surface area is 187 Å². The number of hydrogen-bond donors (Lipinski definition) is 2. The number of amides is 1. The molecule has 168 valence electrons. The predicted molar refractivity (Wildman–Crippen MR) is 121 cm³/mol. The van der Waals surface area contributed by atoms with E-state index in [4.69, 9.17) is 5.73 Å². The van der Waals surface area contributed by atoms with Gasteiger partial charge < -0.3 is 11.1 Å². The molecular formula is C19H34Cl2N4O3S. The molecule has 1 aromatic rings. The quantitative estimate of drug-likeness (QED) is 0.633. The smallest absolute Gasteiger partial charge is 0.243 e. The second-order valence-electron chi connectivity index (χ2n) is 7.82. The van der Waals surface area contributed by atoms with Gasteiger partial charge in [0.15, 0.2) is 0 Å². The van der Waals surface area contributed by atoms with Crippen molar-refractivity contribution in [2.24, 2.45) is 11.7 Å². The SMILES string of the molecule is Cc1ccc(S(=O)(=O)N2CCN(CC(=O)NC(C)(CN)C(C)C)CC2)cc1.Cl.Cl. The average molecular weight is 469 g/mol. The molecule has 2 rings (SSSR count). The summed E-state index contributed by atoms with van der Waals surface area (Å²) in [4.78, 5) is 14.7. The molecule has 0 radical (unpaired) electrons. The average Bonchev–Trinajstić information content (AvgIpc) is 2.62. The highest BCUT2D eigenvalue weighted by molar-refractivity contribution is 7.89. The molecule has 0 saturated carbocycles. The molecule has 1 amide bonds. The van der Waals surface area contributed by atoms with Crippen molar-refractivity contribution in [3.63, 3.8) is 0 Å². The number of piperazine rings is 1. The highest BCUT2D eigenvalue weighted by Gasteiger charge is 2.31. The molecule has 0 spiro atoms. The maximum atomic E-state index is 12.7. The maximum Gasteiger partial charge on any atom is 0.243 e. The van der Waals surface area contributed by atoms with E-state index in [-0.39, 0.29) is 43.2 Å². The fourth-order valence-corrected chi connectivity index (χ4v) is 4.40. The molecule has 1 heterocycles. The van der Waals surface area contributed by atoms with Crippen LogP contribution >= 0.6 is 24.8 Å². The third-order valence-electron chi connectivity index (χ3n) is 5.48. The Morgan fingerprint density at radius 3 is 2.10 bits per heavy atom. The molecule has 0 bridgehead atoms. The summed E-state index contributed by atoms with van der Waals surface area (Å²) in [5, 5.41) is 3.02. The molecular weight excluding hydrogens is 435 g/mol. The van der Waals surface area contributed by atoms with Crippen molar-refractivity contribution in [1.29, 1.82) is 0 Å². The van der Waals surface area contributed by atoms with E-state index < -0.39 is 15.6 Å². The number of nitrogens with zero attached hydrogens (tertiary/aromatic N) is 2. The normalized spacial score (nSPS) is 17.7. The summed E-state index contributed by atoms with van der Waals surface area (Å²) in [7, 11) is -3.49. The third kappa shape index (κ3) is 7.08. The first-order valence-corrected chi connectivity index (χ1v) is 10.8. The molecule has 1 saturated heterocycles. The second kappa shape index (κ2) is 11.5. The predicted octanol–water partition coefficient (Wildman–Crippen LogP) is 1.63. The summed E-state index contributed by atoms with van der Waals surface area (Å²) < 4.78 is 27.0. The minimum Gasteiger partial charge on any atom is -0.348 e. The van der Waals surface area contributed by atoms with Crippen molar-refractivity contribution >= 4 is 40.7 Å². The largest absolute Gasteiger partial charge is 0.348 e. The lowest BCUT2D eigenvalue weighted by atomic mass is 9.88. The summed E-state index contributed by atoms with van der Waals surface area (Å²) in [6, 6.07) is 6.89. The van der Waals surface area contributed by atoms with Gasteiger partial charge in [0.05, 0.1) is 17.0 Å². The van der Waals surface area contributed by atoms with Gasteiger partial charge in [-0.25, -0.2) is 8.42 Å². The maximum absolute atomic E-state index is 12.7. The molecule has 1 aliphatic rings. The number of carbonyl (C=O) groups is 1. The van der Waals surface area contributed by atoms with E-state index in [1.165, 1.54) is 4.31 Å². The molecule has 1 atom stereocenters. The molecule has 3 N–H and O–H groups in total. The standard InChI is InChI=1S/C19H32N4O3S.2ClH/c1-15(2)19(4,14-20)21-18(24)13-22-9-11-23(12-10-22)27(25,26)17-7-5-16(3)6-8-17;;/h5-8,15H,9-14,20H2,1-4H3,(H,21,24);2*1H. The number of carbonyl (C=O) groups excluding carboxylic acids is 1. The van der Waals surface area contributed by atoms with E-state index in [1.54, 1.807) is 24.3 Å². The van der Waals surface area contributed by atoms with Crippen LogP contribution in [0, 0.1) is 12.8 Å². The van der Waals surface area contributed by atoms with Gasteiger partial charge in [-0.2, -0.15) is 4.31 Å². The minimum absolute atomic E-state index is 0. The minimum atomic E-state index is -3.49. The Hall–Kier alpha value is -0.900. The van der Waals surface area contributed by atoms with Gasteiger partial charge in [0.25, 0.3) is 0 Å². The highest BCUT2D eigenvalue weighted by Crippen LogP contribution is 2.18. The number of nitrogens with one attached hydrogen (secondary N) is 1. The topological polar surface area (TPSA) is 95.7 Å². The Morgan fingerprint density at radius 2 is 1.66 bits per heavy atom. The van der Waals surface area contributed by atoms with E-state index in [2.05, 4.69) is 5.32 Å². The zero-order valence-electron chi connectivity index (χ0n) is 17.6.